The van der Waals surface area contributed by atoms with Crippen LogP contribution >= 0.6 is 0 Å². The Morgan fingerprint density at radius 3 is 2.82 bits per heavy atom. The highest BCUT2D eigenvalue weighted by Crippen LogP contribution is 2.16. The van der Waals surface area contributed by atoms with Gasteiger partial charge in [-0.3, -0.25) is 4.79 Å². The van der Waals surface area contributed by atoms with Gasteiger partial charge in [-0.1, -0.05) is 30.3 Å². The number of carbonyl (C=O) groups excluding carboxylic acids is 1. The van der Waals surface area contributed by atoms with Crippen LogP contribution in [0.1, 0.15) is 5.56 Å². The van der Waals surface area contributed by atoms with Gasteiger partial charge in [0.2, 0.25) is 5.91 Å². The van der Waals surface area contributed by atoms with Gasteiger partial charge in [0.1, 0.15) is 11.6 Å². The number of para-hydroxylation sites is 1. The Labute approximate surface area is 128 Å². The molecule has 1 amide bonds. The highest BCUT2D eigenvalue weighted by atomic mass is 16.5. The zero-order valence-electron chi connectivity index (χ0n) is 12.2. The fourth-order valence-electron chi connectivity index (χ4n) is 2.29. The number of ether oxygens (including phenoxy) is 1. The van der Waals surface area contributed by atoms with Crippen molar-refractivity contribution in [2.75, 3.05) is 12.4 Å². The van der Waals surface area contributed by atoms with E-state index in [0.717, 1.165) is 22.2 Å². The molecule has 0 aliphatic rings. The van der Waals surface area contributed by atoms with Crippen LogP contribution in [-0.2, 0) is 11.2 Å². The molecule has 110 valence electrons. The van der Waals surface area contributed by atoms with E-state index in [1.807, 2.05) is 60.7 Å². The summed E-state index contributed by atoms with van der Waals surface area (Å²) < 4.78 is 5.16. The Bertz CT molecular complexity index is 815. The van der Waals surface area contributed by atoms with E-state index >= 15 is 0 Å². The van der Waals surface area contributed by atoms with Gasteiger partial charge in [0.25, 0.3) is 0 Å². The molecule has 2 aromatic carbocycles. The third-order valence-corrected chi connectivity index (χ3v) is 3.36. The average Bonchev–Trinajstić information content (AvgIpc) is 2.55. The predicted molar refractivity (Wildman–Crippen MR) is 87.1 cm³/mol. The molecular formula is C18H16N2O2. The van der Waals surface area contributed by atoms with Crippen LogP contribution in [0.25, 0.3) is 10.9 Å². The Kier molecular flexibility index (Phi) is 4.01. The number of pyridine rings is 1. The number of amides is 1. The van der Waals surface area contributed by atoms with Gasteiger partial charge in [0.05, 0.1) is 19.0 Å². The summed E-state index contributed by atoms with van der Waals surface area (Å²) in [5.41, 5.74) is 1.76. The van der Waals surface area contributed by atoms with Gasteiger partial charge in [-0.15, -0.1) is 0 Å². The molecule has 0 saturated carbocycles. The zero-order chi connectivity index (χ0) is 15.4. The maximum Gasteiger partial charge on any atom is 0.229 e. The highest BCUT2D eigenvalue weighted by Gasteiger charge is 2.06. The van der Waals surface area contributed by atoms with Crippen LogP contribution in [0.2, 0.25) is 0 Å². The number of nitrogens with zero attached hydrogens (tertiary/aromatic N) is 1. The van der Waals surface area contributed by atoms with E-state index in [2.05, 4.69) is 10.3 Å². The van der Waals surface area contributed by atoms with E-state index in [9.17, 15) is 4.79 Å². The van der Waals surface area contributed by atoms with Crippen LogP contribution in [0.5, 0.6) is 5.75 Å². The molecule has 1 aromatic heterocycles. The van der Waals surface area contributed by atoms with Crippen molar-refractivity contribution >= 4 is 22.6 Å². The van der Waals surface area contributed by atoms with Crippen molar-refractivity contribution in [1.82, 2.24) is 4.98 Å². The predicted octanol–water partition coefficient (Wildman–Crippen LogP) is 3.42. The van der Waals surface area contributed by atoms with Crippen molar-refractivity contribution in [2.45, 2.75) is 6.42 Å². The lowest BCUT2D eigenvalue weighted by Gasteiger charge is -2.07. The summed E-state index contributed by atoms with van der Waals surface area (Å²) in [6.45, 7) is 0. The maximum absolute atomic E-state index is 12.1. The average molecular weight is 292 g/mol. The van der Waals surface area contributed by atoms with Gasteiger partial charge < -0.3 is 10.1 Å². The molecule has 1 heterocycles. The van der Waals surface area contributed by atoms with Gasteiger partial charge >= 0.3 is 0 Å². The van der Waals surface area contributed by atoms with Gasteiger partial charge in [-0.25, -0.2) is 4.98 Å². The quantitative estimate of drug-likeness (QED) is 0.801. The molecule has 0 fully saturated rings. The Morgan fingerprint density at radius 1 is 1.09 bits per heavy atom. The van der Waals surface area contributed by atoms with Crippen molar-refractivity contribution < 1.29 is 9.53 Å². The van der Waals surface area contributed by atoms with E-state index in [1.54, 1.807) is 7.11 Å². The fourth-order valence-corrected chi connectivity index (χ4v) is 2.29. The Morgan fingerprint density at radius 2 is 1.95 bits per heavy atom. The first-order valence-electron chi connectivity index (χ1n) is 7.03. The molecule has 3 aromatic rings. The van der Waals surface area contributed by atoms with Gasteiger partial charge in [-0.2, -0.15) is 0 Å². The molecule has 0 bridgehead atoms. The molecule has 0 unspecified atom stereocenters. The monoisotopic (exact) mass is 292 g/mol. The molecule has 4 heteroatoms. The third-order valence-electron chi connectivity index (χ3n) is 3.36. The summed E-state index contributed by atoms with van der Waals surface area (Å²) in [6.07, 6.45) is 0.283. The number of nitrogens with one attached hydrogen (secondary N) is 1. The van der Waals surface area contributed by atoms with E-state index in [1.165, 1.54) is 0 Å². The minimum atomic E-state index is -0.101. The second-order valence-corrected chi connectivity index (χ2v) is 4.97. The fraction of sp³-hybridized carbons (Fsp3) is 0.111. The lowest BCUT2D eigenvalue weighted by Crippen LogP contribution is -2.15. The standard InChI is InChI=1S/C18H16N2O2/c1-22-15-7-4-5-13(11-15)12-18(21)20-17-10-9-14-6-2-3-8-16(14)19-17/h2-11H,12H2,1H3,(H,19,20,21). The highest BCUT2D eigenvalue weighted by molar-refractivity contribution is 5.92. The number of hydrogen-bond donors (Lipinski definition) is 1. The number of benzene rings is 2. The summed E-state index contributed by atoms with van der Waals surface area (Å²) in [7, 11) is 1.61. The molecule has 0 aliphatic carbocycles. The summed E-state index contributed by atoms with van der Waals surface area (Å²) >= 11 is 0. The van der Waals surface area contributed by atoms with Gasteiger partial charge in [0.15, 0.2) is 0 Å². The van der Waals surface area contributed by atoms with E-state index in [4.69, 9.17) is 4.74 Å². The number of hydrogen-bond acceptors (Lipinski definition) is 3. The normalized spacial score (nSPS) is 10.4. The Balaban J connectivity index is 1.72. The van der Waals surface area contributed by atoms with Gasteiger partial charge in [0, 0.05) is 5.39 Å². The number of fused-ring (bicyclic) bond motifs is 1. The summed E-state index contributed by atoms with van der Waals surface area (Å²) in [5, 5.41) is 3.88. The molecule has 0 spiro atoms. The second-order valence-electron chi connectivity index (χ2n) is 4.97. The van der Waals surface area contributed by atoms with Crippen molar-refractivity contribution in [3.8, 4) is 5.75 Å². The molecule has 0 saturated heterocycles. The van der Waals surface area contributed by atoms with E-state index in [0.29, 0.717) is 5.82 Å². The largest absolute Gasteiger partial charge is 0.497 e. The number of methoxy groups -OCH3 is 1. The van der Waals surface area contributed by atoms with Crippen molar-refractivity contribution in [3.05, 3.63) is 66.2 Å². The van der Waals surface area contributed by atoms with E-state index in [-0.39, 0.29) is 12.3 Å². The maximum atomic E-state index is 12.1. The number of rotatable bonds is 4. The first kappa shape index (κ1) is 14.1. The van der Waals surface area contributed by atoms with Crippen molar-refractivity contribution in [3.63, 3.8) is 0 Å². The minimum Gasteiger partial charge on any atom is -0.497 e. The Hall–Kier alpha value is -2.88. The third kappa shape index (κ3) is 3.23. The van der Waals surface area contributed by atoms with Crippen molar-refractivity contribution in [1.29, 1.82) is 0 Å². The second kappa shape index (κ2) is 6.26. The van der Waals surface area contributed by atoms with Gasteiger partial charge in [-0.05, 0) is 35.9 Å². The first-order chi connectivity index (χ1) is 10.7. The first-order valence-corrected chi connectivity index (χ1v) is 7.03. The van der Waals surface area contributed by atoms with Crippen LogP contribution in [-0.4, -0.2) is 18.0 Å². The van der Waals surface area contributed by atoms with Crippen LogP contribution in [0.15, 0.2) is 60.7 Å². The van der Waals surface area contributed by atoms with Crippen LogP contribution < -0.4 is 10.1 Å². The summed E-state index contributed by atoms with van der Waals surface area (Å²) in [5.74, 6) is 1.21. The van der Waals surface area contributed by atoms with Crippen LogP contribution in [0.3, 0.4) is 0 Å². The molecule has 0 atom stereocenters. The molecule has 0 radical (unpaired) electrons. The SMILES string of the molecule is COc1cccc(CC(=O)Nc2ccc3ccccc3n2)c1. The number of carbonyl (C=O) groups is 1. The van der Waals surface area contributed by atoms with E-state index < -0.39 is 0 Å². The molecule has 4 nitrogen and oxygen atoms in total. The lowest BCUT2D eigenvalue weighted by atomic mass is 10.1. The molecule has 0 aliphatic heterocycles. The summed E-state index contributed by atoms with van der Waals surface area (Å²) in [6, 6.07) is 19.0. The van der Waals surface area contributed by atoms with Crippen LogP contribution in [0.4, 0.5) is 5.82 Å². The molecular weight excluding hydrogens is 276 g/mol. The molecule has 3 rings (SSSR count). The lowest BCUT2D eigenvalue weighted by molar-refractivity contribution is -0.115. The number of anilines is 1. The van der Waals surface area contributed by atoms with Crippen LogP contribution in [0, 0.1) is 0 Å². The molecule has 1 N–H and O–H groups in total. The smallest absolute Gasteiger partial charge is 0.229 e. The zero-order valence-corrected chi connectivity index (χ0v) is 12.2. The summed E-state index contributed by atoms with van der Waals surface area (Å²) in [4.78, 5) is 16.6. The number of aromatic nitrogens is 1. The topological polar surface area (TPSA) is 51.2 Å². The minimum absolute atomic E-state index is 0.101. The van der Waals surface area contributed by atoms with Crippen molar-refractivity contribution in [2.24, 2.45) is 0 Å². The molecule has 22 heavy (non-hydrogen) atoms.